The topological polar surface area (TPSA) is 67.1 Å². The van der Waals surface area contributed by atoms with Crippen molar-refractivity contribution in [2.45, 2.75) is 26.4 Å². The number of para-hydroxylation sites is 1. The molecule has 0 aliphatic heterocycles. The predicted octanol–water partition coefficient (Wildman–Crippen LogP) is 3.33. The normalized spacial score (nSPS) is 11.2. The maximum absolute atomic E-state index is 5.61. The fraction of sp³-hybridized carbons (Fsp3) is 0.333. The lowest BCUT2D eigenvalue weighted by Gasteiger charge is -2.17. The minimum Gasteiger partial charge on any atom is -0.369 e. The van der Waals surface area contributed by atoms with Crippen LogP contribution in [0.15, 0.2) is 48.5 Å². The molecule has 0 atom stereocenters. The van der Waals surface area contributed by atoms with Crippen molar-refractivity contribution in [3.8, 4) is 0 Å². The van der Waals surface area contributed by atoms with Gasteiger partial charge in [-0.25, -0.2) is 9.97 Å². The summed E-state index contributed by atoms with van der Waals surface area (Å²) in [7, 11) is 2.10. The van der Waals surface area contributed by atoms with Crippen molar-refractivity contribution in [2.75, 3.05) is 25.5 Å². The van der Waals surface area contributed by atoms with Gasteiger partial charge in [-0.2, -0.15) is 0 Å². The van der Waals surface area contributed by atoms with Gasteiger partial charge in [0.05, 0.1) is 12.1 Å². The van der Waals surface area contributed by atoms with E-state index in [1.807, 2.05) is 18.2 Å². The fourth-order valence-corrected chi connectivity index (χ4v) is 3.06. The molecule has 0 fully saturated rings. The van der Waals surface area contributed by atoms with Gasteiger partial charge >= 0.3 is 0 Å². The van der Waals surface area contributed by atoms with Gasteiger partial charge in [0.25, 0.3) is 0 Å². The number of hydrogen-bond acceptors (Lipinski definition) is 5. The van der Waals surface area contributed by atoms with E-state index in [1.54, 1.807) is 0 Å². The second-order valence-electron chi connectivity index (χ2n) is 6.74. The molecule has 0 bridgehead atoms. The van der Waals surface area contributed by atoms with Crippen molar-refractivity contribution < 1.29 is 0 Å². The molecule has 2 aromatic carbocycles. The van der Waals surface area contributed by atoms with Crippen LogP contribution in [0.4, 0.5) is 5.82 Å². The van der Waals surface area contributed by atoms with Crippen LogP contribution >= 0.6 is 0 Å². The molecule has 0 unspecified atom stereocenters. The van der Waals surface area contributed by atoms with Crippen LogP contribution in [-0.2, 0) is 13.1 Å². The first-order valence-electron chi connectivity index (χ1n) is 9.09. The maximum Gasteiger partial charge on any atom is 0.145 e. The fourth-order valence-electron chi connectivity index (χ4n) is 3.06. The summed E-state index contributed by atoms with van der Waals surface area (Å²) in [6.45, 7) is 5.17. The van der Waals surface area contributed by atoms with Crippen LogP contribution in [0, 0.1) is 6.92 Å². The van der Waals surface area contributed by atoms with Crippen LogP contribution in [0.2, 0.25) is 0 Å². The number of nitrogens with zero attached hydrogens (tertiary/aromatic N) is 3. The Bertz CT molecular complexity index is 862. The van der Waals surface area contributed by atoms with Gasteiger partial charge in [0.15, 0.2) is 0 Å². The maximum atomic E-state index is 5.61. The van der Waals surface area contributed by atoms with Crippen molar-refractivity contribution in [3.63, 3.8) is 0 Å². The summed E-state index contributed by atoms with van der Waals surface area (Å²) in [6, 6.07) is 16.7. The second kappa shape index (κ2) is 8.74. The molecule has 26 heavy (non-hydrogen) atoms. The van der Waals surface area contributed by atoms with Gasteiger partial charge in [0, 0.05) is 18.5 Å². The summed E-state index contributed by atoms with van der Waals surface area (Å²) >= 11 is 0. The highest BCUT2D eigenvalue weighted by Gasteiger charge is 2.10. The van der Waals surface area contributed by atoms with Crippen molar-refractivity contribution in [1.29, 1.82) is 0 Å². The molecule has 0 saturated carbocycles. The summed E-state index contributed by atoms with van der Waals surface area (Å²) < 4.78 is 0. The van der Waals surface area contributed by atoms with E-state index < -0.39 is 0 Å². The number of nitrogens with two attached hydrogens (primary N) is 1. The number of anilines is 1. The number of aromatic nitrogens is 2. The largest absolute Gasteiger partial charge is 0.369 e. The van der Waals surface area contributed by atoms with Gasteiger partial charge in [0.1, 0.15) is 11.6 Å². The highest BCUT2D eigenvalue weighted by atomic mass is 15.1. The summed E-state index contributed by atoms with van der Waals surface area (Å²) in [4.78, 5) is 11.8. The first-order chi connectivity index (χ1) is 12.7. The monoisotopic (exact) mass is 349 g/mol. The SMILES string of the molecule is Cc1cccc(CN(C)Cc2nc(NCCCN)c3ccccc3n2)c1. The molecule has 3 aromatic rings. The molecule has 1 heterocycles. The van der Waals surface area contributed by atoms with Gasteiger partial charge in [-0.3, -0.25) is 4.90 Å². The van der Waals surface area contributed by atoms with Gasteiger partial charge in [-0.1, -0.05) is 42.0 Å². The summed E-state index contributed by atoms with van der Waals surface area (Å²) in [5, 5.41) is 4.46. The first kappa shape index (κ1) is 18.3. The molecular weight excluding hydrogens is 322 g/mol. The molecule has 0 amide bonds. The Labute approximate surface area is 155 Å². The van der Waals surface area contributed by atoms with Crippen LogP contribution in [0.5, 0.6) is 0 Å². The van der Waals surface area contributed by atoms with Gasteiger partial charge in [0.2, 0.25) is 0 Å². The van der Waals surface area contributed by atoms with Crippen molar-refractivity contribution in [3.05, 3.63) is 65.5 Å². The van der Waals surface area contributed by atoms with E-state index in [0.29, 0.717) is 13.1 Å². The molecule has 3 rings (SSSR count). The number of nitrogens with one attached hydrogen (secondary N) is 1. The predicted molar refractivity (Wildman–Crippen MR) is 108 cm³/mol. The van der Waals surface area contributed by atoms with Crippen LogP contribution in [0.1, 0.15) is 23.4 Å². The third kappa shape index (κ3) is 4.77. The van der Waals surface area contributed by atoms with E-state index in [9.17, 15) is 0 Å². The van der Waals surface area contributed by atoms with Crippen LogP contribution in [0.3, 0.4) is 0 Å². The average Bonchev–Trinajstić information content (AvgIpc) is 2.62. The Morgan fingerprint density at radius 1 is 1.04 bits per heavy atom. The molecule has 0 aliphatic carbocycles. The Balaban J connectivity index is 1.78. The summed E-state index contributed by atoms with van der Waals surface area (Å²) in [5.41, 5.74) is 9.16. The quantitative estimate of drug-likeness (QED) is 0.611. The zero-order chi connectivity index (χ0) is 18.4. The molecule has 5 nitrogen and oxygen atoms in total. The molecule has 0 saturated heterocycles. The van der Waals surface area contributed by atoms with Crippen molar-refractivity contribution in [2.24, 2.45) is 5.73 Å². The minimum absolute atomic E-state index is 0.669. The summed E-state index contributed by atoms with van der Waals surface area (Å²) in [5.74, 6) is 1.72. The highest BCUT2D eigenvalue weighted by Crippen LogP contribution is 2.20. The number of hydrogen-bond donors (Lipinski definition) is 2. The third-order valence-corrected chi connectivity index (χ3v) is 4.27. The van der Waals surface area contributed by atoms with Crippen LogP contribution < -0.4 is 11.1 Å². The van der Waals surface area contributed by atoms with Gasteiger partial charge in [-0.15, -0.1) is 0 Å². The van der Waals surface area contributed by atoms with Crippen LogP contribution in [0.25, 0.3) is 10.9 Å². The zero-order valence-corrected chi connectivity index (χ0v) is 15.6. The molecule has 0 aliphatic rings. The number of rotatable bonds is 8. The standard InChI is InChI=1S/C21H27N5/c1-16-7-5-8-17(13-16)14-26(2)15-20-24-19-10-4-3-9-18(19)21(25-20)23-12-6-11-22/h3-5,7-10,13H,6,11-12,14-15,22H2,1-2H3,(H,23,24,25). The first-order valence-corrected chi connectivity index (χ1v) is 9.09. The lowest BCUT2D eigenvalue weighted by molar-refractivity contribution is 0.311. The summed E-state index contributed by atoms with van der Waals surface area (Å²) in [6.07, 6.45) is 0.918. The lowest BCUT2D eigenvalue weighted by atomic mass is 10.1. The Hall–Kier alpha value is -2.50. The lowest BCUT2D eigenvalue weighted by Crippen LogP contribution is -2.19. The molecule has 0 spiro atoms. The molecule has 0 radical (unpaired) electrons. The molecule has 3 N–H and O–H groups in total. The van der Waals surface area contributed by atoms with Gasteiger partial charge < -0.3 is 11.1 Å². The Morgan fingerprint density at radius 2 is 1.88 bits per heavy atom. The van der Waals surface area contributed by atoms with Crippen molar-refractivity contribution in [1.82, 2.24) is 14.9 Å². The van der Waals surface area contributed by atoms with E-state index in [2.05, 4.69) is 54.5 Å². The molecule has 1 aromatic heterocycles. The Morgan fingerprint density at radius 3 is 2.69 bits per heavy atom. The average molecular weight is 349 g/mol. The Kier molecular flexibility index (Phi) is 6.15. The number of aryl methyl sites for hydroxylation is 1. The number of benzene rings is 2. The minimum atomic E-state index is 0.669. The van der Waals surface area contributed by atoms with Gasteiger partial charge in [-0.05, 0) is 44.6 Å². The van der Waals surface area contributed by atoms with E-state index in [4.69, 9.17) is 15.7 Å². The molecular formula is C21H27N5. The zero-order valence-electron chi connectivity index (χ0n) is 15.6. The van der Waals surface area contributed by atoms with Crippen LogP contribution in [-0.4, -0.2) is 35.0 Å². The molecule has 136 valence electrons. The smallest absolute Gasteiger partial charge is 0.145 e. The molecule has 5 heteroatoms. The van der Waals surface area contributed by atoms with E-state index >= 15 is 0 Å². The van der Waals surface area contributed by atoms with E-state index in [1.165, 1.54) is 11.1 Å². The number of fused-ring (bicyclic) bond motifs is 1. The third-order valence-electron chi connectivity index (χ3n) is 4.27. The van der Waals surface area contributed by atoms with Crippen molar-refractivity contribution >= 4 is 16.7 Å². The van der Waals surface area contributed by atoms with E-state index in [0.717, 1.165) is 42.1 Å². The van der Waals surface area contributed by atoms with E-state index in [-0.39, 0.29) is 0 Å². The highest BCUT2D eigenvalue weighted by molar-refractivity contribution is 5.88. The second-order valence-corrected chi connectivity index (χ2v) is 6.74.